The Bertz CT molecular complexity index is 1020. The molecule has 0 aliphatic rings. The van der Waals surface area contributed by atoms with Gasteiger partial charge >= 0.3 is 5.97 Å². The molecule has 3 aromatic rings. The summed E-state index contributed by atoms with van der Waals surface area (Å²) in [6.45, 7) is 4.47. The number of anilines is 1. The van der Waals surface area contributed by atoms with Gasteiger partial charge in [0.2, 0.25) is 5.91 Å². The molecule has 1 aromatic carbocycles. The number of carboxylic acids is 1. The molecule has 2 heterocycles. The summed E-state index contributed by atoms with van der Waals surface area (Å²) >= 11 is 0. The summed E-state index contributed by atoms with van der Waals surface area (Å²) < 4.78 is 7.19. The molecule has 0 aliphatic heterocycles. The van der Waals surface area contributed by atoms with Gasteiger partial charge in [0.25, 0.3) is 0 Å². The van der Waals surface area contributed by atoms with Crippen molar-refractivity contribution in [3.63, 3.8) is 0 Å². The Labute approximate surface area is 167 Å². The lowest BCUT2D eigenvalue weighted by Gasteiger charge is -2.05. The predicted molar refractivity (Wildman–Crippen MR) is 107 cm³/mol. The molecule has 0 spiro atoms. The molecule has 3 rings (SSSR count). The monoisotopic (exact) mass is 397 g/mol. The zero-order valence-corrected chi connectivity index (χ0v) is 16.3. The molecule has 0 unspecified atom stereocenters. The minimum Gasteiger partial charge on any atom is -0.508 e. The second-order valence-corrected chi connectivity index (χ2v) is 6.61. The molecule has 29 heavy (non-hydrogen) atoms. The molecular formula is C21H23N3O5. The summed E-state index contributed by atoms with van der Waals surface area (Å²) in [5.74, 6) is -0.592. The molecule has 2 aromatic heterocycles. The second kappa shape index (κ2) is 8.64. The highest BCUT2D eigenvalue weighted by molar-refractivity contribution is 6.00. The van der Waals surface area contributed by atoms with E-state index in [2.05, 4.69) is 10.5 Å². The van der Waals surface area contributed by atoms with Crippen LogP contribution < -0.4 is 5.32 Å². The number of aromatic carboxylic acids is 1. The van der Waals surface area contributed by atoms with Crippen LogP contribution in [0.2, 0.25) is 0 Å². The number of benzene rings is 1. The molecule has 0 saturated heterocycles. The van der Waals surface area contributed by atoms with E-state index in [9.17, 15) is 19.8 Å². The molecule has 0 fully saturated rings. The number of nitrogens with zero attached hydrogens (tertiary/aromatic N) is 2. The summed E-state index contributed by atoms with van der Waals surface area (Å²) in [5, 5.41) is 25.5. The van der Waals surface area contributed by atoms with Crippen molar-refractivity contribution in [2.75, 3.05) is 5.32 Å². The quantitative estimate of drug-likeness (QED) is 0.533. The Morgan fingerprint density at radius 1 is 1.17 bits per heavy atom. The van der Waals surface area contributed by atoms with Crippen molar-refractivity contribution in [2.45, 2.75) is 39.7 Å². The van der Waals surface area contributed by atoms with E-state index in [-0.39, 0.29) is 29.3 Å². The fourth-order valence-corrected chi connectivity index (χ4v) is 3.15. The third kappa shape index (κ3) is 4.48. The van der Waals surface area contributed by atoms with E-state index in [1.54, 1.807) is 35.0 Å². The summed E-state index contributed by atoms with van der Waals surface area (Å²) in [6.07, 6.45) is 4.30. The van der Waals surface area contributed by atoms with Crippen molar-refractivity contribution in [1.29, 1.82) is 0 Å². The number of hydrogen-bond acceptors (Lipinski definition) is 5. The normalized spacial score (nSPS) is 10.8. The molecule has 0 aliphatic carbocycles. The zero-order chi connectivity index (χ0) is 21.0. The Hall–Kier alpha value is -3.55. The van der Waals surface area contributed by atoms with Crippen molar-refractivity contribution >= 4 is 17.6 Å². The van der Waals surface area contributed by atoms with Gasteiger partial charge < -0.3 is 24.6 Å². The van der Waals surface area contributed by atoms with Crippen LogP contribution in [0.25, 0.3) is 11.3 Å². The highest BCUT2D eigenvalue weighted by Gasteiger charge is 2.19. The van der Waals surface area contributed by atoms with Crippen LogP contribution in [-0.2, 0) is 24.2 Å². The van der Waals surface area contributed by atoms with Crippen LogP contribution in [-0.4, -0.2) is 31.8 Å². The van der Waals surface area contributed by atoms with E-state index >= 15 is 0 Å². The molecule has 0 bridgehead atoms. The molecule has 0 saturated carbocycles. The summed E-state index contributed by atoms with van der Waals surface area (Å²) in [5.41, 5.74) is 2.74. The van der Waals surface area contributed by atoms with Crippen LogP contribution in [0, 0.1) is 0 Å². The van der Waals surface area contributed by atoms with E-state index in [1.165, 1.54) is 6.20 Å². The highest BCUT2D eigenvalue weighted by Crippen LogP contribution is 2.29. The number of aromatic hydroxyl groups is 1. The highest BCUT2D eigenvalue weighted by atomic mass is 16.5. The lowest BCUT2D eigenvalue weighted by molar-refractivity contribution is -0.116. The molecule has 1 amide bonds. The minimum absolute atomic E-state index is 0.0606. The molecule has 8 nitrogen and oxygen atoms in total. The van der Waals surface area contributed by atoms with Crippen LogP contribution in [0.1, 0.15) is 41.9 Å². The average Bonchev–Trinajstić information content (AvgIpc) is 3.30. The maximum Gasteiger partial charge on any atom is 0.339 e. The second-order valence-electron chi connectivity index (χ2n) is 6.61. The first-order valence-corrected chi connectivity index (χ1v) is 9.42. The maximum absolute atomic E-state index is 12.4. The van der Waals surface area contributed by atoms with Crippen molar-refractivity contribution < 1.29 is 24.3 Å². The first-order chi connectivity index (χ1) is 13.9. The Balaban J connectivity index is 1.70. The number of rotatable bonds is 8. The van der Waals surface area contributed by atoms with Gasteiger partial charge in [-0.05, 0) is 37.6 Å². The standard InChI is InChI=1S/C21H23N3O5/c1-3-15-17(23-29-20(15)13-5-7-14(25)8-6-13)9-10-19(26)22-18-12-24(4-2)11-16(18)21(27)28/h5-8,11-12,25H,3-4,9-10H2,1-2H3,(H,22,26)(H,27,28). The number of nitrogens with one attached hydrogen (secondary N) is 1. The third-order valence-electron chi connectivity index (χ3n) is 4.69. The van der Waals surface area contributed by atoms with Gasteiger partial charge in [-0.15, -0.1) is 0 Å². The lowest BCUT2D eigenvalue weighted by Crippen LogP contribution is -2.14. The maximum atomic E-state index is 12.4. The largest absolute Gasteiger partial charge is 0.508 e. The molecule has 0 radical (unpaired) electrons. The van der Waals surface area contributed by atoms with Crippen LogP contribution in [0.3, 0.4) is 0 Å². The third-order valence-corrected chi connectivity index (χ3v) is 4.69. The topological polar surface area (TPSA) is 118 Å². The number of phenolic OH excluding ortho intramolecular Hbond substituents is 1. The van der Waals surface area contributed by atoms with Gasteiger partial charge in [-0.25, -0.2) is 4.79 Å². The predicted octanol–water partition coefficient (Wildman–Crippen LogP) is 3.70. The van der Waals surface area contributed by atoms with E-state index < -0.39 is 5.97 Å². The average molecular weight is 397 g/mol. The zero-order valence-electron chi connectivity index (χ0n) is 16.3. The number of carbonyl (C=O) groups excluding carboxylic acids is 1. The van der Waals surface area contributed by atoms with Crippen LogP contribution in [0.5, 0.6) is 5.75 Å². The van der Waals surface area contributed by atoms with Crippen molar-refractivity contribution in [2.24, 2.45) is 0 Å². The van der Waals surface area contributed by atoms with Crippen LogP contribution in [0.4, 0.5) is 5.69 Å². The summed E-state index contributed by atoms with van der Waals surface area (Å²) in [6, 6.07) is 6.65. The SMILES string of the molecule is CCc1c(CCC(=O)Nc2cn(CC)cc2C(=O)O)noc1-c1ccc(O)cc1. The van der Waals surface area contributed by atoms with E-state index in [0.29, 0.717) is 30.8 Å². The summed E-state index contributed by atoms with van der Waals surface area (Å²) in [7, 11) is 0. The smallest absolute Gasteiger partial charge is 0.339 e. The molecule has 3 N–H and O–H groups in total. The van der Waals surface area contributed by atoms with Crippen molar-refractivity contribution in [3.05, 3.63) is 53.5 Å². The number of carbonyl (C=O) groups is 2. The van der Waals surface area contributed by atoms with Gasteiger partial charge in [0.05, 0.1) is 11.4 Å². The fraction of sp³-hybridized carbons (Fsp3) is 0.286. The van der Waals surface area contributed by atoms with Crippen LogP contribution in [0.15, 0.2) is 41.2 Å². The van der Waals surface area contributed by atoms with E-state index in [0.717, 1.165) is 11.1 Å². The number of amides is 1. The first-order valence-electron chi connectivity index (χ1n) is 9.42. The molecule has 8 heteroatoms. The van der Waals surface area contributed by atoms with Gasteiger partial charge in [0.1, 0.15) is 11.3 Å². The Kier molecular flexibility index (Phi) is 6.01. The van der Waals surface area contributed by atoms with Crippen molar-refractivity contribution in [3.8, 4) is 17.1 Å². The number of phenols is 1. The first kappa shape index (κ1) is 20.2. The molecular weight excluding hydrogens is 374 g/mol. The molecule has 0 atom stereocenters. The van der Waals surface area contributed by atoms with Crippen molar-refractivity contribution in [1.82, 2.24) is 9.72 Å². The minimum atomic E-state index is -1.09. The van der Waals surface area contributed by atoms with Gasteiger partial charge in [-0.2, -0.15) is 0 Å². The van der Waals surface area contributed by atoms with Gasteiger partial charge in [-0.1, -0.05) is 12.1 Å². The van der Waals surface area contributed by atoms with E-state index in [1.807, 2.05) is 13.8 Å². The Morgan fingerprint density at radius 2 is 1.90 bits per heavy atom. The van der Waals surface area contributed by atoms with Crippen LogP contribution >= 0.6 is 0 Å². The Morgan fingerprint density at radius 3 is 2.52 bits per heavy atom. The van der Waals surface area contributed by atoms with Gasteiger partial charge in [-0.3, -0.25) is 4.79 Å². The summed E-state index contributed by atoms with van der Waals surface area (Å²) in [4.78, 5) is 23.7. The van der Waals surface area contributed by atoms with Gasteiger partial charge in [0, 0.05) is 42.9 Å². The number of carboxylic acid groups (broad SMARTS) is 1. The molecule has 152 valence electrons. The number of hydrogen-bond donors (Lipinski definition) is 3. The van der Waals surface area contributed by atoms with E-state index in [4.69, 9.17) is 4.52 Å². The lowest BCUT2D eigenvalue weighted by atomic mass is 10.0. The fourth-order valence-electron chi connectivity index (χ4n) is 3.15. The van der Waals surface area contributed by atoms with Gasteiger partial charge in [0.15, 0.2) is 5.76 Å². The number of aryl methyl sites for hydroxylation is 2. The number of aromatic nitrogens is 2.